The first-order chi connectivity index (χ1) is 8.63. The standard InChI is InChI=1S/C13H17NO4/c1-3-17-8-9-18-12-6-4-10(2)14-11(12)5-7-13(15)16/h4-7H,3,8-9H2,1-2H3,(H,15,16). The molecule has 0 bridgehead atoms. The first-order valence-corrected chi connectivity index (χ1v) is 5.72. The van der Waals surface area contributed by atoms with E-state index in [4.69, 9.17) is 14.6 Å². The molecule has 1 rings (SSSR count). The van der Waals surface area contributed by atoms with Crippen molar-refractivity contribution in [3.63, 3.8) is 0 Å². The lowest BCUT2D eigenvalue weighted by molar-refractivity contribution is -0.131. The van der Waals surface area contributed by atoms with Crippen LogP contribution in [0.15, 0.2) is 18.2 Å². The van der Waals surface area contributed by atoms with E-state index in [0.29, 0.717) is 31.3 Å². The fourth-order valence-corrected chi connectivity index (χ4v) is 1.31. The summed E-state index contributed by atoms with van der Waals surface area (Å²) >= 11 is 0. The quantitative estimate of drug-likeness (QED) is 0.592. The van der Waals surface area contributed by atoms with Crippen molar-refractivity contribution in [3.05, 3.63) is 29.6 Å². The van der Waals surface area contributed by atoms with Crippen LogP contribution >= 0.6 is 0 Å². The van der Waals surface area contributed by atoms with Crippen molar-refractivity contribution >= 4 is 12.0 Å². The number of aromatic nitrogens is 1. The molecule has 1 aromatic heterocycles. The van der Waals surface area contributed by atoms with Gasteiger partial charge in [-0.25, -0.2) is 9.78 Å². The van der Waals surface area contributed by atoms with Crippen LogP contribution in [0.3, 0.4) is 0 Å². The number of ether oxygens (including phenoxy) is 2. The molecule has 0 aliphatic heterocycles. The Hall–Kier alpha value is -1.88. The molecule has 0 aliphatic carbocycles. The van der Waals surface area contributed by atoms with Gasteiger partial charge in [0.1, 0.15) is 18.1 Å². The maximum absolute atomic E-state index is 10.5. The zero-order chi connectivity index (χ0) is 13.4. The van der Waals surface area contributed by atoms with E-state index in [-0.39, 0.29) is 0 Å². The number of nitrogens with zero attached hydrogens (tertiary/aromatic N) is 1. The minimum Gasteiger partial charge on any atom is -0.489 e. The average molecular weight is 251 g/mol. The number of pyridine rings is 1. The lowest BCUT2D eigenvalue weighted by atomic mass is 10.2. The summed E-state index contributed by atoms with van der Waals surface area (Å²) < 4.78 is 10.7. The van der Waals surface area contributed by atoms with Crippen LogP contribution in [-0.4, -0.2) is 35.9 Å². The van der Waals surface area contributed by atoms with Gasteiger partial charge in [-0.2, -0.15) is 0 Å². The van der Waals surface area contributed by atoms with Crippen molar-refractivity contribution in [1.82, 2.24) is 4.98 Å². The van der Waals surface area contributed by atoms with Gasteiger partial charge in [-0.05, 0) is 32.1 Å². The van der Waals surface area contributed by atoms with Crippen molar-refractivity contribution in [3.8, 4) is 5.75 Å². The van der Waals surface area contributed by atoms with E-state index < -0.39 is 5.97 Å². The van der Waals surface area contributed by atoms with Gasteiger partial charge in [0.15, 0.2) is 0 Å². The van der Waals surface area contributed by atoms with Crippen LogP contribution in [0.25, 0.3) is 6.08 Å². The number of hydrogen-bond donors (Lipinski definition) is 1. The van der Waals surface area contributed by atoms with Gasteiger partial charge in [0.25, 0.3) is 0 Å². The smallest absolute Gasteiger partial charge is 0.328 e. The van der Waals surface area contributed by atoms with Crippen molar-refractivity contribution in [2.45, 2.75) is 13.8 Å². The van der Waals surface area contributed by atoms with E-state index >= 15 is 0 Å². The fraction of sp³-hybridized carbons (Fsp3) is 0.385. The molecule has 1 aromatic rings. The summed E-state index contributed by atoms with van der Waals surface area (Å²) in [6.45, 7) is 5.29. The van der Waals surface area contributed by atoms with E-state index in [0.717, 1.165) is 11.8 Å². The highest BCUT2D eigenvalue weighted by Crippen LogP contribution is 2.18. The molecule has 98 valence electrons. The maximum atomic E-state index is 10.5. The van der Waals surface area contributed by atoms with Crippen molar-refractivity contribution in [2.24, 2.45) is 0 Å². The topological polar surface area (TPSA) is 68.7 Å². The molecule has 0 atom stereocenters. The molecule has 1 heterocycles. The van der Waals surface area contributed by atoms with E-state index in [2.05, 4.69) is 4.98 Å². The van der Waals surface area contributed by atoms with Gasteiger partial charge in [0.05, 0.1) is 6.61 Å². The van der Waals surface area contributed by atoms with Gasteiger partial charge in [0, 0.05) is 18.4 Å². The first kappa shape index (κ1) is 14.2. The Morgan fingerprint density at radius 3 is 2.89 bits per heavy atom. The minimum absolute atomic E-state index is 0.409. The number of carboxylic acid groups (broad SMARTS) is 1. The first-order valence-electron chi connectivity index (χ1n) is 5.72. The lowest BCUT2D eigenvalue weighted by Crippen LogP contribution is -2.07. The summed E-state index contributed by atoms with van der Waals surface area (Å²) in [6.07, 6.45) is 2.46. The Balaban J connectivity index is 2.73. The second-order valence-electron chi connectivity index (χ2n) is 3.55. The third-order valence-electron chi connectivity index (χ3n) is 2.10. The third kappa shape index (κ3) is 4.97. The monoisotopic (exact) mass is 251 g/mol. The van der Waals surface area contributed by atoms with Crippen LogP contribution in [0, 0.1) is 6.92 Å². The highest BCUT2D eigenvalue weighted by atomic mass is 16.5. The molecule has 0 aliphatic rings. The predicted octanol–water partition coefficient (Wildman–Crippen LogP) is 1.90. The molecule has 0 saturated carbocycles. The molecular weight excluding hydrogens is 234 g/mol. The SMILES string of the molecule is CCOCCOc1ccc(C)nc1C=CC(=O)O. The second-order valence-corrected chi connectivity index (χ2v) is 3.55. The number of rotatable bonds is 7. The number of carboxylic acids is 1. The molecule has 0 fully saturated rings. The summed E-state index contributed by atoms with van der Waals surface area (Å²) in [5.41, 5.74) is 1.31. The maximum Gasteiger partial charge on any atom is 0.328 e. The zero-order valence-corrected chi connectivity index (χ0v) is 10.5. The Bertz CT molecular complexity index is 429. The summed E-state index contributed by atoms with van der Waals surface area (Å²) in [7, 11) is 0. The molecule has 5 nitrogen and oxygen atoms in total. The second kappa shape index (κ2) is 7.45. The normalized spacial score (nSPS) is 10.8. The van der Waals surface area contributed by atoms with Gasteiger partial charge in [0.2, 0.25) is 0 Å². The number of hydrogen-bond acceptors (Lipinski definition) is 4. The zero-order valence-electron chi connectivity index (χ0n) is 10.5. The lowest BCUT2D eigenvalue weighted by Gasteiger charge is -2.09. The van der Waals surface area contributed by atoms with E-state index in [1.54, 1.807) is 6.07 Å². The van der Waals surface area contributed by atoms with Crippen LogP contribution in [0.5, 0.6) is 5.75 Å². The van der Waals surface area contributed by atoms with E-state index in [1.165, 1.54) is 6.08 Å². The molecule has 5 heteroatoms. The third-order valence-corrected chi connectivity index (χ3v) is 2.10. The summed E-state index contributed by atoms with van der Waals surface area (Å²) in [5.74, 6) is -0.462. The van der Waals surface area contributed by atoms with Crippen molar-refractivity contribution in [2.75, 3.05) is 19.8 Å². The van der Waals surface area contributed by atoms with Crippen LogP contribution < -0.4 is 4.74 Å². The molecule has 1 N–H and O–H groups in total. The minimum atomic E-state index is -1.02. The van der Waals surface area contributed by atoms with Gasteiger partial charge >= 0.3 is 5.97 Å². The van der Waals surface area contributed by atoms with Crippen LogP contribution in [0.4, 0.5) is 0 Å². The molecule has 0 aromatic carbocycles. The molecule has 0 spiro atoms. The predicted molar refractivity (Wildman–Crippen MR) is 67.6 cm³/mol. The van der Waals surface area contributed by atoms with Crippen LogP contribution in [0.2, 0.25) is 0 Å². The van der Waals surface area contributed by atoms with Crippen molar-refractivity contribution < 1.29 is 19.4 Å². The highest BCUT2D eigenvalue weighted by Gasteiger charge is 2.03. The Morgan fingerprint density at radius 2 is 2.22 bits per heavy atom. The van der Waals surface area contributed by atoms with E-state index in [1.807, 2.05) is 19.9 Å². The average Bonchev–Trinajstić information content (AvgIpc) is 2.34. The molecule has 0 saturated heterocycles. The molecule has 18 heavy (non-hydrogen) atoms. The van der Waals surface area contributed by atoms with Gasteiger partial charge in [-0.15, -0.1) is 0 Å². The molecular formula is C13H17NO4. The summed E-state index contributed by atoms with van der Waals surface area (Å²) in [4.78, 5) is 14.7. The van der Waals surface area contributed by atoms with Crippen molar-refractivity contribution in [1.29, 1.82) is 0 Å². The molecule has 0 amide bonds. The Morgan fingerprint density at radius 1 is 1.44 bits per heavy atom. The van der Waals surface area contributed by atoms with Crippen LogP contribution in [0.1, 0.15) is 18.3 Å². The molecule has 0 radical (unpaired) electrons. The van der Waals surface area contributed by atoms with Gasteiger partial charge in [-0.1, -0.05) is 0 Å². The number of carbonyl (C=O) groups is 1. The van der Waals surface area contributed by atoms with Gasteiger partial charge < -0.3 is 14.6 Å². The Labute approximate surface area is 106 Å². The summed E-state index contributed by atoms with van der Waals surface area (Å²) in [5, 5.41) is 8.61. The highest BCUT2D eigenvalue weighted by molar-refractivity contribution is 5.85. The largest absolute Gasteiger partial charge is 0.489 e. The molecule has 0 unspecified atom stereocenters. The number of aliphatic carboxylic acids is 1. The number of aryl methyl sites for hydroxylation is 1. The fourth-order valence-electron chi connectivity index (χ4n) is 1.31. The Kier molecular flexibility index (Phi) is 5.87. The van der Waals surface area contributed by atoms with Gasteiger partial charge in [-0.3, -0.25) is 0 Å². The van der Waals surface area contributed by atoms with Crippen LogP contribution in [-0.2, 0) is 9.53 Å². The summed E-state index contributed by atoms with van der Waals surface area (Å²) in [6, 6.07) is 3.59. The van der Waals surface area contributed by atoms with E-state index in [9.17, 15) is 4.79 Å².